The van der Waals surface area contributed by atoms with E-state index in [1.54, 1.807) is 18.5 Å². The van der Waals surface area contributed by atoms with Crippen LogP contribution < -0.4 is 0 Å². The van der Waals surface area contributed by atoms with Gasteiger partial charge in [-0.1, -0.05) is 48.5 Å². The summed E-state index contributed by atoms with van der Waals surface area (Å²) in [6.07, 6.45) is 5.61. The first kappa shape index (κ1) is 17.2. The summed E-state index contributed by atoms with van der Waals surface area (Å²) in [5.41, 5.74) is 6.02. The molecule has 5 aromatic rings. The first-order valence-electron chi connectivity index (χ1n) is 9.46. The summed E-state index contributed by atoms with van der Waals surface area (Å²) < 4.78 is 1.84. The van der Waals surface area contributed by atoms with Crippen molar-refractivity contribution in [3.05, 3.63) is 91.4 Å². The van der Waals surface area contributed by atoms with Crippen molar-refractivity contribution in [3.63, 3.8) is 0 Å². The molecule has 140 valence electrons. The Morgan fingerprint density at radius 2 is 1.55 bits per heavy atom. The lowest BCUT2D eigenvalue weighted by Crippen LogP contribution is -1.88. The number of pyridine rings is 1. The number of para-hydroxylation sites is 1. The van der Waals surface area contributed by atoms with Crippen LogP contribution in [0.1, 0.15) is 0 Å². The molecular formula is C25H19N3O. The van der Waals surface area contributed by atoms with Gasteiger partial charge in [0.1, 0.15) is 11.4 Å². The van der Waals surface area contributed by atoms with E-state index in [4.69, 9.17) is 0 Å². The average molecular weight is 377 g/mol. The van der Waals surface area contributed by atoms with E-state index in [9.17, 15) is 5.11 Å². The highest BCUT2D eigenvalue weighted by Crippen LogP contribution is 2.37. The van der Waals surface area contributed by atoms with Crippen LogP contribution in [0.3, 0.4) is 0 Å². The number of hydrogen-bond donors (Lipinski definition) is 1. The highest BCUT2D eigenvalue weighted by Gasteiger charge is 2.14. The molecule has 0 unspecified atom stereocenters. The molecule has 5 rings (SSSR count). The van der Waals surface area contributed by atoms with Gasteiger partial charge in [-0.2, -0.15) is 5.10 Å². The molecule has 29 heavy (non-hydrogen) atoms. The molecule has 0 aliphatic carbocycles. The number of phenols is 1. The number of phenolic OH excluding ortho intramolecular Hbond substituents is 1. The van der Waals surface area contributed by atoms with Crippen molar-refractivity contribution < 1.29 is 5.11 Å². The topological polar surface area (TPSA) is 50.9 Å². The zero-order valence-corrected chi connectivity index (χ0v) is 15.9. The molecule has 0 bridgehead atoms. The minimum Gasteiger partial charge on any atom is -0.507 e. The first-order valence-corrected chi connectivity index (χ1v) is 9.46. The highest BCUT2D eigenvalue weighted by molar-refractivity contribution is 6.00. The smallest absolute Gasteiger partial charge is 0.123 e. The van der Waals surface area contributed by atoms with E-state index in [2.05, 4.69) is 34.3 Å². The second-order valence-electron chi connectivity index (χ2n) is 7.06. The Balaban J connectivity index is 1.67. The van der Waals surface area contributed by atoms with Crippen molar-refractivity contribution >= 4 is 10.8 Å². The SMILES string of the molecule is Cn1cc(-c2ccc3c(-c4ccccc4O)cccc3c2)c(-c2ccncc2)n1. The third kappa shape index (κ3) is 3.05. The molecule has 1 N–H and O–H groups in total. The summed E-state index contributed by atoms with van der Waals surface area (Å²) in [5.74, 6) is 0.288. The lowest BCUT2D eigenvalue weighted by Gasteiger charge is -2.10. The van der Waals surface area contributed by atoms with E-state index >= 15 is 0 Å². The van der Waals surface area contributed by atoms with Crippen LogP contribution in [-0.4, -0.2) is 19.9 Å². The van der Waals surface area contributed by atoms with E-state index in [1.807, 2.05) is 60.4 Å². The summed E-state index contributed by atoms with van der Waals surface area (Å²) >= 11 is 0. The van der Waals surface area contributed by atoms with Gasteiger partial charge in [-0.3, -0.25) is 9.67 Å². The molecular weight excluding hydrogens is 358 g/mol. The van der Waals surface area contributed by atoms with Crippen molar-refractivity contribution in [2.75, 3.05) is 0 Å². The number of rotatable bonds is 3. The predicted octanol–water partition coefficient (Wildman–Crippen LogP) is 5.67. The number of benzene rings is 3. The van der Waals surface area contributed by atoms with E-state index < -0.39 is 0 Å². The van der Waals surface area contributed by atoms with Crippen LogP contribution in [0.4, 0.5) is 0 Å². The molecule has 0 fully saturated rings. The number of nitrogens with zero attached hydrogens (tertiary/aromatic N) is 3. The molecule has 3 aromatic carbocycles. The molecule has 0 amide bonds. The first-order chi connectivity index (χ1) is 14.2. The minimum atomic E-state index is 0.288. The fourth-order valence-electron chi connectivity index (χ4n) is 3.81. The molecule has 2 heterocycles. The molecule has 0 saturated carbocycles. The number of aromatic nitrogens is 3. The van der Waals surface area contributed by atoms with Crippen molar-refractivity contribution in [1.82, 2.24) is 14.8 Å². The van der Waals surface area contributed by atoms with E-state index in [0.717, 1.165) is 44.3 Å². The molecule has 0 saturated heterocycles. The van der Waals surface area contributed by atoms with Gasteiger partial charge in [0.2, 0.25) is 0 Å². The Hall–Kier alpha value is -3.92. The van der Waals surface area contributed by atoms with Crippen molar-refractivity contribution in [2.45, 2.75) is 0 Å². The Morgan fingerprint density at radius 3 is 2.38 bits per heavy atom. The monoisotopic (exact) mass is 377 g/mol. The van der Waals surface area contributed by atoms with Gasteiger partial charge in [-0.25, -0.2) is 0 Å². The van der Waals surface area contributed by atoms with Gasteiger partial charge in [0.05, 0.1) is 0 Å². The van der Waals surface area contributed by atoms with Crippen LogP contribution >= 0.6 is 0 Å². The predicted molar refractivity (Wildman–Crippen MR) is 116 cm³/mol. The molecule has 0 aliphatic heterocycles. The Morgan fingerprint density at radius 1 is 0.759 bits per heavy atom. The Kier molecular flexibility index (Phi) is 4.10. The quantitative estimate of drug-likeness (QED) is 0.440. The molecule has 0 aliphatic rings. The van der Waals surface area contributed by atoms with Gasteiger partial charge in [-0.05, 0) is 46.2 Å². The van der Waals surface area contributed by atoms with Crippen LogP contribution in [0, 0.1) is 0 Å². The highest BCUT2D eigenvalue weighted by atomic mass is 16.3. The van der Waals surface area contributed by atoms with Crippen LogP contribution in [0.5, 0.6) is 5.75 Å². The second-order valence-corrected chi connectivity index (χ2v) is 7.06. The molecule has 0 spiro atoms. The molecule has 0 radical (unpaired) electrons. The zero-order chi connectivity index (χ0) is 19.8. The number of aryl methyl sites for hydroxylation is 1. The van der Waals surface area contributed by atoms with Gasteiger partial charge in [0, 0.05) is 42.3 Å². The third-order valence-electron chi connectivity index (χ3n) is 5.17. The maximum absolute atomic E-state index is 10.3. The Labute approximate surface area is 168 Å². The van der Waals surface area contributed by atoms with Crippen LogP contribution in [0.2, 0.25) is 0 Å². The van der Waals surface area contributed by atoms with Crippen LogP contribution in [0.15, 0.2) is 91.4 Å². The summed E-state index contributed by atoms with van der Waals surface area (Å²) in [5, 5.41) is 17.2. The fraction of sp³-hybridized carbons (Fsp3) is 0.0400. The lowest BCUT2D eigenvalue weighted by molar-refractivity contribution is 0.477. The van der Waals surface area contributed by atoms with Gasteiger partial charge in [-0.15, -0.1) is 0 Å². The normalized spacial score (nSPS) is 11.1. The zero-order valence-electron chi connectivity index (χ0n) is 15.9. The number of aromatic hydroxyl groups is 1. The number of hydrogen-bond acceptors (Lipinski definition) is 3. The van der Waals surface area contributed by atoms with Crippen molar-refractivity contribution in [3.8, 4) is 39.3 Å². The standard InChI is InChI=1S/C25H19N3O/c1-28-16-23(25(27-28)17-11-13-26-14-12-17)19-9-10-20-18(15-19)5-4-7-21(20)22-6-2-3-8-24(22)29/h2-16,29H,1H3. The largest absolute Gasteiger partial charge is 0.507 e. The Bertz CT molecular complexity index is 1320. The van der Waals surface area contributed by atoms with Crippen molar-refractivity contribution in [2.24, 2.45) is 7.05 Å². The van der Waals surface area contributed by atoms with E-state index in [-0.39, 0.29) is 5.75 Å². The molecule has 0 atom stereocenters. The van der Waals surface area contributed by atoms with Crippen molar-refractivity contribution in [1.29, 1.82) is 0 Å². The molecule has 4 heteroatoms. The maximum Gasteiger partial charge on any atom is 0.123 e. The number of fused-ring (bicyclic) bond motifs is 1. The van der Waals surface area contributed by atoms with Gasteiger partial charge in [0.25, 0.3) is 0 Å². The summed E-state index contributed by atoms with van der Waals surface area (Å²) in [6.45, 7) is 0. The molecule has 4 nitrogen and oxygen atoms in total. The lowest BCUT2D eigenvalue weighted by atomic mass is 9.94. The summed E-state index contributed by atoms with van der Waals surface area (Å²) in [6, 6.07) is 24.0. The van der Waals surface area contributed by atoms with E-state index in [1.165, 1.54) is 0 Å². The second kappa shape index (κ2) is 6.91. The average Bonchev–Trinajstić information content (AvgIpc) is 3.16. The fourth-order valence-corrected chi connectivity index (χ4v) is 3.81. The third-order valence-corrected chi connectivity index (χ3v) is 5.17. The van der Waals surface area contributed by atoms with Gasteiger partial charge in [0.15, 0.2) is 0 Å². The molecule has 2 aromatic heterocycles. The maximum atomic E-state index is 10.3. The van der Waals surface area contributed by atoms with E-state index in [0.29, 0.717) is 0 Å². The van der Waals surface area contributed by atoms with Gasteiger partial charge >= 0.3 is 0 Å². The van der Waals surface area contributed by atoms with Crippen LogP contribution in [-0.2, 0) is 7.05 Å². The van der Waals surface area contributed by atoms with Gasteiger partial charge < -0.3 is 5.11 Å². The minimum absolute atomic E-state index is 0.288. The summed E-state index contributed by atoms with van der Waals surface area (Å²) in [4.78, 5) is 4.11. The van der Waals surface area contributed by atoms with Crippen LogP contribution in [0.25, 0.3) is 44.3 Å². The summed E-state index contributed by atoms with van der Waals surface area (Å²) in [7, 11) is 1.94.